The minimum absolute atomic E-state index is 0.00393. The van der Waals surface area contributed by atoms with Crippen molar-refractivity contribution in [3.05, 3.63) is 249 Å². The highest BCUT2D eigenvalue weighted by atomic mass is 79.9. The molecule has 3 fully saturated rings. The number of ether oxygens (including phenoxy) is 4. The standard InChI is InChI=1S/C30H28ClN5O3.C25H23BrClN5O2.C25H31BrN6O2.C22H27ClN6O3/c1-2-34-28(38)26-27(36-18-23(32-29(34)36)15-20-9-5-3-6-10-20)33-30(39-19-21-11-7-4-8-12-21)35(26)17-22-13-14-25(37)24(31)16-22;1-2-30-23(33)20-22(32-14-18(28-25(30)32)11-15-6-4-3-5-7-15)29-24(26)31(20)13-16-10-17-8-9-34-21(17)19(27)12-16;1-2-30-23(34)21-22(32-19-10-6-9-18(19)28-25(30)32)29-24(27-16-7-4-3-5-8-16)31(21)14-15-11-12-20(33)17(26)13-15;1-3-27-20(30)18-19(28-9-8-24-22(27)28)26-21(25-15-6-10-32-11-7-15)29(18)13-14-4-5-17(31-2)16(23)12-14/h3-14,16,23,37H,2,15,17-19H2,1H3;3-7,10,12,18H,2,8-9,11,13-14H2,1H3;11-13,16,18-19,33H,2-10,14H2,1H3,(H,27,29);4-5,12,15H,3,6-11,13H2,1-2H3,(H,25,26)/t23-;18-;18-,19+;/m111./s1. The number of amides is 4. The van der Waals surface area contributed by atoms with Gasteiger partial charge >= 0.3 is 0 Å². The number of anilines is 6. The summed E-state index contributed by atoms with van der Waals surface area (Å²) in [4.78, 5) is 109. The van der Waals surface area contributed by atoms with Crippen molar-refractivity contribution in [1.29, 1.82) is 0 Å². The highest BCUT2D eigenvalue weighted by molar-refractivity contribution is 9.10. The maximum atomic E-state index is 13.9. The fourth-order valence-electron chi connectivity index (χ4n) is 20.6. The molecular weight excluding hydrogens is 1960 g/mol. The molecule has 2 aliphatic carbocycles. The fraction of sp³-hybridized carbons (Fsp3) is 0.392. The first kappa shape index (κ1) is 94.1. The zero-order valence-electron chi connectivity index (χ0n) is 78.0. The topological polar surface area (TPSA) is 316 Å². The number of hydrogen-bond donors (Lipinski definition) is 4. The maximum Gasteiger partial charge on any atom is 0.299 e. The van der Waals surface area contributed by atoms with Gasteiger partial charge < -0.3 is 44.4 Å². The number of carbonyl (C=O) groups is 4. The van der Waals surface area contributed by atoms with Crippen LogP contribution in [0.5, 0.6) is 29.0 Å². The van der Waals surface area contributed by atoms with Gasteiger partial charge in [-0.05, 0) is 204 Å². The third-order valence-corrected chi connectivity index (χ3v) is 29.5. The Bertz CT molecular complexity index is 6640. The molecule has 0 unspecified atom stereocenters. The Morgan fingerprint density at radius 2 is 0.978 bits per heavy atom. The molecule has 1 saturated heterocycles. The normalized spacial score (nSPS) is 19.2. The summed E-state index contributed by atoms with van der Waals surface area (Å²) in [5.74, 6) is 8.09. The van der Waals surface area contributed by atoms with Crippen molar-refractivity contribution in [2.45, 2.75) is 180 Å². The molecule has 37 heteroatoms. The number of benzene rings is 7. The van der Waals surface area contributed by atoms with Crippen molar-refractivity contribution in [1.82, 2.24) is 57.8 Å². The van der Waals surface area contributed by atoms with Gasteiger partial charge in [0.25, 0.3) is 29.6 Å². The SMILES string of the molecule is CCN1C(=O)c2c(nc(Br)n2Cc2cc(Cl)c3c(c2)CCO3)N2C[C@@H](Cc3ccccc3)N=C12.CCN1C(=O)c2c(nc(NC3CCCCC3)n2Cc2ccc(O)c(Br)c2)N2C1=N[C@@H]1CCC[C@@H]12.CCN1C(=O)c2c(nc(NC3CCOCC3)n2Cc2ccc(OC)c(Cl)c2)N2CCN=C12.CCN1C(=O)c2c(nc(OCc3ccccc3)n2Cc2ccc(O)c(Cl)c2)N2C[C@@H](Cc3ccccc3)N=C12. The predicted octanol–water partition coefficient (Wildman–Crippen LogP) is 17.2. The van der Waals surface area contributed by atoms with Gasteiger partial charge in [-0.2, -0.15) is 15.0 Å². The Balaban J connectivity index is 0.000000114. The summed E-state index contributed by atoms with van der Waals surface area (Å²) in [5, 5.41) is 28.5. The van der Waals surface area contributed by atoms with Crippen LogP contribution in [0.1, 0.15) is 178 Å². The van der Waals surface area contributed by atoms with Crippen LogP contribution >= 0.6 is 66.7 Å². The first-order valence-electron chi connectivity index (χ1n) is 48.0. The van der Waals surface area contributed by atoms with Crippen molar-refractivity contribution in [3.8, 4) is 29.0 Å². The average Bonchev–Trinajstić information content (AvgIpc) is 1.55. The summed E-state index contributed by atoms with van der Waals surface area (Å²) in [6, 6.07) is 52.1. The number of fused-ring (bicyclic) bond motifs is 15. The number of aromatic hydroxyl groups is 2. The number of nitrogens with zero attached hydrogens (tertiary/aromatic N) is 20. The van der Waals surface area contributed by atoms with Crippen molar-refractivity contribution < 1.29 is 48.3 Å². The zero-order valence-corrected chi connectivity index (χ0v) is 83.4. The predicted molar refractivity (Wildman–Crippen MR) is 545 cm³/mol. The molecule has 722 valence electrons. The maximum absolute atomic E-state index is 13.9. The van der Waals surface area contributed by atoms with Gasteiger partial charge in [-0.3, -0.25) is 77.1 Å². The summed E-state index contributed by atoms with van der Waals surface area (Å²) in [5.41, 5.74) is 10.5. The second-order valence-corrected chi connectivity index (χ2v) is 39.1. The van der Waals surface area contributed by atoms with E-state index in [9.17, 15) is 29.4 Å². The van der Waals surface area contributed by atoms with E-state index in [-0.39, 0.29) is 70.4 Å². The molecule has 11 aromatic rings. The summed E-state index contributed by atoms with van der Waals surface area (Å²) < 4.78 is 31.7. The van der Waals surface area contributed by atoms with E-state index in [0.29, 0.717) is 193 Å². The molecule has 12 aliphatic rings. The van der Waals surface area contributed by atoms with Crippen molar-refractivity contribution in [2.24, 2.45) is 20.0 Å². The Morgan fingerprint density at radius 3 is 1.58 bits per heavy atom. The molecule has 4 N–H and O–H groups in total. The van der Waals surface area contributed by atoms with Gasteiger partial charge in [0, 0.05) is 64.4 Å². The van der Waals surface area contributed by atoms with Crippen LogP contribution in [-0.4, -0.2) is 231 Å². The molecule has 139 heavy (non-hydrogen) atoms. The van der Waals surface area contributed by atoms with Gasteiger partial charge in [0.05, 0.1) is 103 Å². The summed E-state index contributed by atoms with van der Waals surface area (Å²) >= 11 is 26.1. The highest BCUT2D eigenvalue weighted by Crippen LogP contribution is 2.46. The number of rotatable bonds is 24. The number of methoxy groups -OCH3 is 1. The molecular formula is C102H109Br2Cl3N22O10. The second-order valence-electron chi connectivity index (χ2n) is 36.3. The minimum Gasteiger partial charge on any atom is -0.507 e. The molecule has 2 saturated carbocycles. The number of halogens is 5. The average molecular weight is 2070 g/mol. The van der Waals surface area contributed by atoms with Gasteiger partial charge in [0.1, 0.15) is 29.6 Å². The lowest BCUT2D eigenvalue weighted by atomic mass is 9.96. The Morgan fingerprint density at radius 1 is 0.468 bits per heavy atom. The highest BCUT2D eigenvalue weighted by Gasteiger charge is 2.52. The Labute approximate surface area is 837 Å². The number of phenols is 2. The summed E-state index contributed by atoms with van der Waals surface area (Å²) in [6.45, 7) is 16.8. The fourth-order valence-corrected chi connectivity index (χ4v) is 22.3. The molecule has 4 atom stereocenters. The van der Waals surface area contributed by atoms with E-state index in [2.05, 4.69) is 87.6 Å². The summed E-state index contributed by atoms with van der Waals surface area (Å²) in [7, 11) is 1.59. The van der Waals surface area contributed by atoms with Crippen LogP contribution in [0.2, 0.25) is 15.1 Å². The minimum atomic E-state index is -0.171. The molecule has 14 heterocycles. The van der Waals surface area contributed by atoms with Gasteiger partial charge in [-0.1, -0.05) is 169 Å². The summed E-state index contributed by atoms with van der Waals surface area (Å²) in [6.07, 6.45) is 13.5. The third-order valence-electron chi connectivity index (χ3n) is 27.4. The van der Waals surface area contributed by atoms with E-state index < -0.39 is 0 Å². The van der Waals surface area contributed by atoms with Crippen molar-refractivity contribution in [3.63, 3.8) is 0 Å². The van der Waals surface area contributed by atoms with Crippen LogP contribution in [0.25, 0.3) is 0 Å². The van der Waals surface area contributed by atoms with Crippen LogP contribution in [0, 0.1) is 0 Å². The van der Waals surface area contributed by atoms with Crippen LogP contribution < -0.4 is 44.4 Å². The van der Waals surface area contributed by atoms with Crippen LogP contribution in [0.4, 0.5) is 35.2 Å². The quantitative estimate of drug-likeness (QED) is 0.0437. The van der Waals surface area contributed by atoms with Crippen molar-refractivity contribution >= 4 is 149 Å². The lowest BCUT2D eigenvalue weighted by molar-refractivity contribution is 0.0827. The smallest absolute Gasteiger partial charge is 0.299 e. The molecule has 32 nitrogen and oxygen atoms in total. The Hall–Kier alpha value is -12.5. The number of aliphatic imine (C=N–C) groups is 4. The first-order chi connectivity index (χ1) is 67.7. The largest absolute Gasteiger partial charge is 0.507 e. The number of hydrogen-bond acceptors (Lipinski definition) is 24. The van der Waals surface area contributed by atoms with E-state index in [1.54, 1.807) is 50.6 Å². The van der Waals surface area contributed by atoms with E-state index in [1.807, 2.05) is 159 Å². The number of imidazole rings is 4. The second kappa shape index (κ2) is 40.8. The number of nitrogens with one attached hydrogen (secondary N) is 2. The van der Waals surface area contributed by atoms with E-state index in [4.69, 9.17) is 88.7 Å². The lowest BCUT2D eigenvalue weighted by Gasteiger charge is -2.35. The molecule has 0 bridgehead atoms. The van der Waals surface area contributed by atoms with Crippen LogP contribution in [0.3, 0.4) is 0 Å². The molecule has 10 aliphatic heterocycles. The van der Waals surface area contributed by atoms with Crippen LogP contribution in [-0.2, 0) is 56.8 Å². The Kier molecular flexibility index (Phi) is 27.6. The monoisotopic (exact) mass is 2060 g/mol. The van der Waals surface area contributed by atoms with Gasteiger partial charge in [-0.15, -0.1) is 0 Å². The molecule has 0 spiro atoms. The van der Waals surface area contributed by atoms with Crippen molar-refractivity contribution in [2.75, 3.05) is 110 Å². The molecule has 4 aromatic heterocycles. The van der Waals surface area contributed by atoms with Gasteiger partial charge in [0.15, 0.2) is 50.8 Å². The third kappa shape index (κ3) is 18.8. The van der Waals surface area contributed by atoms with E-state index >= 15 is 0 Å². The number of phenolic OH excluding ortho intramolecular Hbond substituents is 2. The number of aromatic nitrogens is 8. The molecule has 7 aromatic carbocycles. The van der Waals surface area contributed by atoms with Gasteiger partial charge in [0.2, 0.25) is 35.7 Å². The number of carbonyl (C=O) groups excluding carboxylic acids is 4. The van der Waals surface area contributed by atoms with Crippen LogP contribution in [0.15, 0.2) is 187 Å². The first-order valence-corrected chi connectivity index (χ1v) is 50.7. The molecule has 0 radical (unpaired) electrons. The van der Waals surface area contributed by atoms with E-state index in [1.165, 1.54) is 30.4 Å². The lowest BCUT2D eigenvalue weighted by Crippen LogP contribution is -2.53. The zero-order chi connectivity index (χ0) is 96.0. The van der Waals surface area contributed by atoms with Gasteiger partial charge in [-0.25, -0.2) is 20.0 Å². The van der Waals surface area contributed by atoms with E-state index in [0.717, 1.165) is 134 Å². The molecule has 23 rings (SSSR count). The molecule has 4 amide bonds. The number of guanidine groups is 4.